The average Bonchev–Trinajstić information content (AvgIpc) is 2.77. The minimum atomic E-state index is 0.612. The van der Waals surface area contributed by atoms with Crippen molar-refractivity contribution in [1.29, 1.82) is 0 Å². The Labute approximate surface area is 148 Å². The number of fused-ring (bicyclic) bond motifs is 1. The summed E-state index contributed by atoms with van der Waals surface area (Å²) in [6, 6.07) is 3.65. The third-order valence-electron chi connectivity index (χ3n) is 3.18. The molecule has 0 saturated carbocycles. The molecule has 0 unspecified atom stereocenters. The Bertz CT molecular complexity index is 758. The number of carbonyl (C=O) groups is 1. The molecule has 4 nitrogen and oxygen atoms in total. The number of hydrogen-bond acceptors (Lipinski definition) is 3. The van der Waals surface area contributed by atoms with Gasteiger partial charge in [0, 0.05) is 23.9 Å². The van der Waals surface area contributed by atoms with Gasteiger partial charge in [-0.15, -0.1) is 0 Å². The summed E-state index contributed by atoms with van der Waals surface area (Å²) in [6.07, 6.45) is 13.1. The zero-order valence-electron chi connectivity index (χ0n) is 14.5. The van der Waals surface area contributed by atoms with Crippen molar-refractivity contribution in [3.05, 3.63) is 59.4 Å². The molecule has 1 aliphatic rings. The molecule has 2 aromatic heterocycles. The zero-order chi connectivity index (χ0) is 17.9. The Balaban J connectivity index is 0.000000245. The highest BCUT2D eigenvalue weighted by Gasteiger charge is 2.06. The van der Waals surface area contributed by atoms with Crippen LogP contribution in [0.1, 0.15) is 30.8 Å². The number of halogens is 1. The van der Waals surface area contributed by atoms with Crippen molar-refractivity contribution in [3.63, 3.8) is 0 Å². The predicted octanol–water partition coefficient (Wildman–Crippen LogP) is 5.05. The minimum Gasteiger partial charge on any atom is -0.495 e. The molecule has 2 aromatic rings. The lowest BCUT2D eigenvalue weighted by atomic mass is 10.3. The first-order valence-electron chi connectivity index (χ1n) is 7.78. The van der Waals surface area contributed by atoms with Crippen LogP contribution in [-0.2, 0) is 7.05 Å². The van der Waals surface area contributed by atoms with E-state index in [9.17, 15) is 4.79 Å². The van der Waals surface area contributed by atoms with Crippen LogP contribution in [0.25, 0.3) is 11.0 Å². The van der Waals surface area contributed by atoms with Crippen LogP contribution in [0.5, 0.6) is 5.75 Å². The number of aryl methyl sites for hydroxylation is 1. The molecule has 2 heterocycles. The molecule has 1 aliphatic carbocycles. The van der Waals surface area contributed by atoms with Gasteiger partial charge in [-0.05, 0) is 18.2 Å². The maximum Gasteiger partial charge on any atom is 0.166 e. The molecular weight excluding hydrogens is 324 g/mol. The van der Waals surface area contributed by atoms with Crippen molar-refractivity contribution in [1.82, 2.24) is 9.55 Å². The fourth-order valence-corrected chi connectivity index (χ4v) is 2.16. The third kappa shape index (κ3) is 5.39. The molecule has 0 fully saturated rings. The van der Waals surface area contributed by atoms with Gasteiger partial charge in [-0.1, -0.05) is 49.8 Å². The molecule has 0 amide bonds. The number of aldehydes is 1. The molecule has 5 heteroatoms. The van der Waals surface area contributed by atoms with Gasteiger partial charge in [0.15, 0.2) is 6.29 Å². The molecule has 0 aromatic carbocycles. The maximum absolute atomic E-state index is 10.7. The van der Waals surface area contributed by atoms with Crippen LogP contribution in [0.3, 0.4) is 0 Å². The summed E-state index contributed by atoms with van der Waals surface area (Å²) >= 11 is 5.68. The number of pyridine rings is 1. The Morgan fingerprint density at radius 1 is 1.25 bits per heavy atom. The van der Waals surface area contributed by atoms with Gasteiger partial charge in [0.05, 0.1) is 19.0 Å². The number of nitrogens with zero attached hydrogens (tertiary/aromatic N) is 2. The molecule has 0 aliphatic heterocycles. The highest BCUT2D eigenvalue weighted by atomic mass is 35.5. The highest BCUT2D eigenvalue weighted by Crippen LogP contribution is 2.20. The molecule has 3 rings (SSSR count). The Hall–Kier alpha value is -2.33. The van der Waals surface area contributed by atoms with Crippen LogP contribution in [-0.4, -0.2) is 22.9 Å². The monoisotopic (exact) mass is 346 g/mol. The van der Waals surface area contributed by atoms with Gasteiger partial charge in [0.25, 0.3) is 0 Å². The normalized spacial score (nSPS) is 12.3. The summed E-state index contributed by atoms with van der Waals surface area (Å²) in [6.45, 7) is 4.00. The number of allylic oxidation sites excluding steroid dienone is 6. The van der Waals surface area contributed by atoms with Crippen LogP contribution in [0.2, 0.25) is 0 Å². The fraction of sp³-hybridized carbons (Fsp3) is 0.263. The number of hydrogen-bond donors (Lipinski definition) is 0. The van der Waals surface area contributed by atoms with E-state index in [0.29, 0.717) is 11.4 Å². The van der Waals surface area contributed by atoms with Gasteiger partial charge in [-0.3, -0.25) is 4.79 Å². The van der Waals surface area contributed by atoms with Gasteiger partial charge < -0.3 is 9.30 Å². The van der Waals surface area contributed by atoms with Crippen LogP contribution in [0.15, 0.2) is 53.7 Å². The largest absolute Gasteiger partial charge is 0.495 e. The summed E-state index contributed by atoms with van der Waals surface area (Å²) in [7, 11) is 3.40. The van der Waals surface area contributed by atoms with Gasteiger partial charge in [-0.25, -0.2) is 4.98 Å². The Kier molecular flexibility index (Phi) is 8.58. The molecule has 24 heavy (non-hydrogen) atoms. The Morgan fingerprint density at radius 3 is 2.67 bits per heavy atom. The quantitative estimate of drug-likeness (QED) is 0.715. The summed E-state index contributed by atoms with van der Waals surface area (Å²) in [5, 5.41) is 1.81. The lowest BCUT2D eigenvalue weighted by Crippen LogP contribution is -1.95. The van der Waals surface area contributed by atoms with E-state index in [2.05, 4.69) is 4.98 Å². The van der Waals surface area contributed by atoms with E-state index >= 15 is 0 Å². The number of aromatic nitrogens is 2. The highest BCUT2D eigenvalue weighted by molar-refractivity contribution is 6.29. The number of ether oxygens (including phenoxy) is 1. The first-order chi connectivity index (χ1) is 11.7. The van der Waals surface area contributed by atoms with Gasteiger partial charge in [-0.2, -0.15) is 0 Å². The van der Waals surface area contributed by atoms with Gasteiger partial charge in [0.1, 0.15) is 11.4 Å². The number of methoxy groups -OCH3 is 1. The van der Waals surface area contributed by atoms with Crippen LogP contribution in [0, 0.1) is 0 Å². The average molecular weight is 347 g/mol. The van der Waals surface area contributed by atoms with Crippen LogP contribution < -0.4 is 4.74 Å². The van der Waals surface area contributed by atoms with Crippen molar-refractivity contribution in [2.45, 2.75) is 20.3 Å². The van der Waals surface area contributed by atoms with Gasteiger partial charge in [0.2, 0.25) is 0 Å². The smallest absolute Gasteiger partial charge is 0.166 e. The fourth-order valence-electron chi connectivity index (χ4n) is 2.00. The summed E-state index contributed by atoms with van der Waals surface area (Å²) < 4.78 is 6.80. The molecule has 0 N–H and O–H groups in total. The lowest BCUT2D eigenvalue weighted by molar-refractivity contribution is 0.111. The van der Waals surface area contributed by atoms with Gasteiger partial charge >= 0.3 is 0 Å². The topological polar surface area (TPSA) is 44.1 Å². The predicted molar refractivity (Wildman–Crippen MR) is 101 cm³/mol. The van der Waals surface area contributed by atoms with E-state index in [-0.39, 0.29) is 0 Å². The molecule has 0 saturated heterocycles. The van der Waals surface area contributed by atoms with Crippen molar-refractivity contribution < 1.29 is 9.53 Å². The first-order valence-corrected chi connectivity index (χ1v) is 8.16. The minimum absolute atomic E-state index is 0.612. The molecule has 128 valence electrons. The van der Waals surface area contributed by atoms with Crippen LogP contribution in [0.4, 0.5) is 0 Å². The second kappa shape index (κ2) is 10.4. The van der Waals surface area contributed by atoms with Crippen molar-refractivity contribution in [2.75, 3.05) is 7.11 Å². The first kappa shape index (κ1) is 19.7. The molecular formula is C19H23ClN2O2. The molecule has 0 atom stereocenters. The molecule has 0 radical (unpaired) electrons. The van der Waals surface area contributed by atoms with E-state index in [1.807, 2.05) is 57.3 Å². The van der Waals surface area contributed by atoms with Crippen molar-refractivity contribution in [3.8, 4) is 5.75 Å². The summed E-state index contributed by atoms with van der Waals surface area (Å²) in [5.41, 5.74) is 1.40. The van der Waals surface area contributed by atoms with Crippen LogP contribution >= 0.6 is 11.6 Å². The van der Waals surface area contributed by atoms with E-state index in [1.54, 1.807) is 23.9 Å². The molecule has 0 bridgehead atoms. The second-order valence-electron chi connectivity index (χ2n) is 4.66. The number of carbonyl (C=O) groups excluding carboxylic acids is 1. The van der Waals surface area contributed by atoms with E-state index in [0.717, 1.165) is 28.8 Å². The molecule has 0 spiro atoms. The second-order valence-corrected chi connectivity index (χ2v) is 5.15. The third-order valence-corrected chi connectivity index (χ3v) is 3.46. The zero-order valence-corrected chi connectivity index (χ0v) is 15.2. The standard InChI is InChI=1S/C10H10N2O2.C7H7Cl.C2H6/c1-12-8(6-13)3-7-4-9(14-2)5-11-10(7)12;8-7-5-3-1-2-4-6-7;1-2/h3-6H,1-2H3;1-5H,6H2;1-2H3. The number of rotatable bonds is 2. The van der Waals surface area contributed by atoms with Crippen molar-refractivity contribution in [2.24, 2.45) is 7.05 Å². The van der Waals surface area contributed by atoms with Crippen molar-refractivity contribution >= 4 is 28.9 Å². The lowest BCUT2D eigenvalue weighted by Gasteiger charge is -1.99. The van der Waals surface area contributed by atoms with E-state index in [1.165, 1.54) is 0 Å². The Morgan fingerprint density at radius 2 is 2.00 bits per heavy atom. The van der Waals surface area contributed by atoms with E-state index in [4.69, 9.17) is 16.3 Å². The summed E-state index contributed by atoms with van der Waals surface area (Å²) in [5.74, 6) is 0.695. The SMILES string of the molecule is CC.COc1cnc2c(c1)cc(C=O)n2C.ClC1=CC=CC=CC1. The maximum atomic E-state index is 10.7. The summed E-state index contributed by atoms with van der Waals surface area (Å²) in [4.78, 5) is 14.9. The van der Waals surface area contributed by atoms with E-state index < -0.39 is 0 Å².